The van der Waals surface area contributed by atoms with Crippen LogP contribution < -0.4 is 16.4 Å². The van der Waals surface area contributed by atoms with E-state index in [0.29, 0.717) is 10.7 Å². The van der Waals surface area contributed by atoms with Crippen molar-refractivity contribution in [2.75, 3.05) is 11.9 Å². The van der Waals surface area contributed by atoms with Crippen LogP contribution in [0.3, 0.4) is 0 Å². The lowest BCUT2D eigenvalue weighted by molar-refractivity contribution is 0.248. The second-order valence-electron chi connectivity index (χ2n) is 4.66. The zero-order valence-electron chi connectivity index (χ0n) is 10.8. The van der Waals surface area contributed by atoms with E-state index in [1.165, 1.54) is 0 Å². The SMILES string of the molecule is CC(C)(CNC(=O)Nc1ccccc1Cl)/C(N)=N/O. The number of amidine groups is 1. The Morgan fingerprint density at radius 1 is 1.47 bits per heavy atom. The molecule has 1 rings (SSSR count). The van der Waals surface area contributed by atoms with Crippen LogP contribution in [-0.4, -0.2) is 23.6 Å². The molecule has 6 nitrogen and oxygen atoms in total. The monoisotopic (exact) mass is 284 g/mol. The van der Waals surface area contributed by atoms with Crippen LogP contribution in [0.25, 0.3) is 0 Å². The Labute approximate surface area is 116 Å². The molecule has 7 heteroatoms. The number of anilines is 1. The predicted molar refractivity (Wildman–Crippen MR) is 75.7 cm³/mol. The number of nitrogens with zero attached hydrogens (tertiary/aromatic N) is 1. The van der Waals surface area contributed by atoms with Crippen LogP contribution in [0.5, 0.6) is 0 Å². The fraction of sp³-hybridized carbons (Fsp3) is 0.333. The number of carbonyl (C=O) groups is 1. The maximum Gasteiger partial charge on any atom is 0.319 e. The zero-order chi connectivity index (χ0) is 14.5. The minimum Gasteiger partial charge on any atom is -0.409 e. The van der Waals surface area contributed by atoms with Gasteiger partial charge in [-0.2, -0.15) is 0 Å². The molecule has 0 spiro atoms. The van der Waals surface area contributed by atoms with E-state index in [1.807, 2.05) is 0 Å². The van der Waals surface area contributed by atoms with Gasteiger partial charge in [-0.05, 0) is 12.1 Å². The number of halogens is 1. The van der Waals surface area contributed by atoms with Crippen LogP contribution in [-0.2, 0) is 0 Å². The van der Waals surface area contributed by atoms with Crippen LogP contribution in [0.15, 0.2) is 29.4 Å². The van der Waals surface area contributed by atoms with E-state index in [0.717, 1.165) is 0 Å². The maximum atomic E-state index is 11.7. The van der Waals surface area contributed by atoms with Crippen LogP contribution in [0.4, 0.5) is 10.5 Å². The molecule has 0 aromatic heterocycles. The van der Waals surface area contributed by atoms with Gasteiger partial charge in [-0.15, -0.1) is 0 Å². The lowest BCUT2D eigenvalue weighted by Gasteiger charge is -2.23. The van der Waals surface area contributed by atoms with Gasteiger partial charge in [0.15, 0.2) is 0 Å². The molecular formula is C12H17ClN4O2. The smallest absolute Gasteiger partial charge is 0.319 e. The summed E-state index contributed by atoms with van der Waals surface area (Å²) in [5.41, 5.74) is 5.39. The number of hydrogen-bond acceptors (Lipinski definition) is 3. The molecule has 0 aliphatic carbocycles. The highest BCUT2D eigenvalue weighted by Crippen LogP contribution is 2.20. The molecule has 0 fully saturated rings. The number of carbonyl (C=O) groups excluding carboxylic acids is 1. The van der Waals surface area contributed by atoms with Crippen LogP contribution in [0.1, 0.15) is 13.8 Å². The van der Waals surface area contributed by atoms with Gasteiger partial charge < -0.3 is 21.6 Å². The average Bonchev–Trinajstić information content (AvgIpc) is 2.38. The maximum absolute atomic E-state index is 11.7. The van der Waals surface area contributed by atoms with Crippen LogP contribution in [0, 0.1) is 5.41 Å². The van der Waals surface area contributed by atoms with Crippen molar-refractivity contribution in [3.63, 3.8) is 0 Å². The molecule has 0 saturated carbocycles. The summed E-state index contributed by atoms with van der Waals surface area (Å²) in [5.74, 6) is 0.0468. The van der Waals surface area contributed by atoms with E-state index in [4.69, 9.17) is 22.5 Å². The molecule has 19 heavy (non-hydrogen) atoms. The molecule has 0 aliphatic rings. The lowest BCUT2D eigenvalue weighted by atomic mass is 9.92. The van der Waals surface area contributed by atoms with Gasteiger partial charge in [-0.25, -0.2) is 4.79 Å². The normalized spacial score (nSPS) is 12.1. The van der Waals surface area contributed by atoms with Gasteiger partial charge in [-0.1, -0.05) is 42.7 Å². The number of nitrogens with one attached hydrogen (secondary N) is 2. The molecule has 0 unspecified atom stereocenters. The topological polar surface area (TPSA) is 99.7 Å². The Balaban J connectivity index is 2.56. The Kier molecular flexibility index (Phi) is 5.00. The fourth-order valence-electron chi connectivity index (χ4n) is 1.26. The van der Waals surface area contributed by atoms with Gasteiger partial charge in [0.05, 0.1) is 10.7 Å². The summed E-state index contributed by atoms with van der Waals surface area (Å²) in [5, 5.41) is 17.3. The van der Waals surface area contributed by atoms with Crippen molar-refractivity contribution in [3.05, 3.63) is 29.3 Å². The summed E-state index contributed by atoms with van der Waals surface area (Å²) in [6, 6.07) is 6.50. The van der Waals surface area contributed by atoms with E-state index < -0.39 is 11.4 Å². The molecule has 1 aromatic rings. The first kappa shape index (κ1) is 15.1. The first-order valence-electron chi connectivity index (χ1n) is 5.64. The van der Waals surface area contributed by atoms with Crippen molar-refractivity contribution in [1.82, 2.24) is 5.32 Å². The minimum absolute atomic E-state index is 0.0468. The van der Waals surface area contributed by atoms with E-state index in [1.54, 1.807) is 38.1 Å². The molecule has 1 aromatic carbocycles. The molecule has 0 saturated heterocycles. The molecule has 0 aliphatic heterocycles. The third-order valence-electron chi connectivity index (χ3n) is 2.61. The van der Waals surface area contributed by atoms with Gasteiger partial charge in [0.25, 0.3) is 0 Å². The predicted octanol–water partition coefficient (Wildman–Crippen LogP) is 2.23. The number of hydrogen-bond donors (Lipinski definition) is 4. The molecule has 0 heterocycles. The summed E-state index contributed by atoms with van der Waals surface area (Å²) >= 11 is 5.92. The summed E-state index contributed by atoms with van der Waals surface area (Å²) in [7, 11) is 0. The van der Waals surface area contributed by atoms with E-state index in [-0.39, 0.29) is 12.4 Å². The second kappa shape index (κ2) is 6.29. The van der Waals surface area contributed by atoms with Crippen molar-refractivity contribution < 1.29 is 10.0 Å². The molecule has 5 N–H and O–H groups in total. The number of amides is 2. The van der Waals surface area contributed by atoms with Crippen molar-refractivity contribution in [3.8, 4) is 0 Å². The van der Waals surface area contributed by atoms with Gasteiger partial charge >= 0.3 is 6.03 Å². The molecule has 0 atom stereocenters. The molecule has 0 bridgehead atoms. The lowest BCUT2D eigenvalue weighted by Crippen LogP contribution is -2.43. The number of rotatable bonds is 4. The van der Waals surface area contributed by atoms with Crippen LogP contribution >= 0.6 is 11.6 Å². The number of oxime groups is 1. The van der Waals surface area contributed by atoms with Crippen LogP contribution in [0.2, 0.25) is 5.02 Å². The highest BCUT2D eigenvalue weighted by atomic mass is 35.5. The number of urea groups is 1. The first-order chi connectivity index (χ1) is 8.86. The Morgan fingerprint density at radius 3 is 2.68 bits per heavy atom. The number of benzene rings is 1. The van der Waals surface area contributed by atoms with Crippen molar-refractivity contribution >= 4 is 29.2 Å². The average molecular weight is 285 g/mol. The van der Waals surface area contributed by atoms with Crippen molar-refractivity contribution in [1.29, 1.82) is 0 Å². The number of para-hydroxylation sites is 1. The first-order valence-corrected chi connectivity index (χ1v) is 6.02. The Bertz CT molecular complexity index is 488. The van der Waals surface area contributed by atoms with E-state index in [9.17, 15) is 4.79 Å². The standard InChI is InChI=1S/C12H17ClN4O2/c1-12(2,10(14)17-19)7-15-11(18)16-9-6-4-3-5-8(9)13/h3-6,19H,7H2,1-2H3,(H2,14,17)(H2,15,16,18). The number of nitrogens with two attached hydrogens (primary N) is 1. The molecular weight excluding hydrogens is 268 g/mol. The summed E-state index contributed by atoms with van der Waals surface area (Å²) in [6.45, 7) is 3.72. The van der Waals surface area contributed by atoms with Crippen molar-refractivity contribution in [2.24, 2.45) is 16.3 Å². The van der Waals surface area contributed by atoms with E-state index >= 15 is 0 Å². The molecule has 2 amide bonds. The Morgan fingerprint density at radius 2 is 2.11 bits per heavy atom. The minimum atomic E-state index is -0.646. The largest absolute Gasteiger partial charge is 0.409 e. The van der Waals surface area contributed by atoms with Gasteiger partial charge in [0.1, 0.15) is 5.84 Å². The second-order valence-corrected chi connectivity index (χ2v) is 5.06. The highest BCUT2D eigenvalue weighted by molar-refractivity contribution is 6.33. The van der Waals surface area contributed by atoms with E-state index in [2.05, 4.69) is 15.8 Å². The third-order valence-corrected chi connectivity index (χ3v) is 2.94. The quantitative estimate of drug-likeness (QED) is 0.295. The van der Waals surface area contributed by atoms with Crippen molar-refractivity contribution in [2.45, 2.75) is 13.8 Å². The highest BCUT2D eigenvalue weighted by Gasteiger charge is 2.24. The van der Waals surface area contributed by atoms with Gasteiger partial charge in [0, 0.05) is 12.0 Å². The summed E-state index contributed by atoms with van der Waals surface area (Å²) in [4.78, 5) is 11.7. The van der Waals surface area contributed by atoms with Gasteiger partial charge in [-0.3, -0.25) is 0 Å². The molecule has 104 valence electrons. The third kappa shape index (κ3) is 4.33. The van der Waals surface area contributed by atoms with Gasteiger partial charge in [0.2, 0.25) is 0 Å². The molecule has 0 radical (unpaired) electrons. The Hall–Kier alpha value is -1.95. The fourth-order valence-corrected chi connectivity index (χ4v) is 1.44. The summed E-state index contributed by atoms with van der Waals surface area (Å²) in [6.07, 6.45) is 0. The summed E-state index contributed by atoms with van der Waals surface area (Å²) < 4.78 is 0. The zero-order valence-corrected chi connectivity index (χ0v) is 11.5.